The highest BCUT2D eigenvalue weighted by Crippen LogP contribution is 2.33. The molecule has 2 aromatic rings. The fourth-order valence-electron chi connectivity index (χ4n) is 2.52. The minimum Gasteiger partial charge on any atom is -0.350 e. The predicted octanol–water partition coefficient (Wildman–Crippen LogP) is 3.25. The molecule has 0 bridgehead atoms. The Hall–Kier alpha value is -1.28. The summed E-state index contributed by atoms with van der Waals surface area (Å²) in [6.45, 7) is 8.82. The molecule has 0 aliphatic rings. The molecular formula is C15H22N2. The van der Waals surface area contributed by atoms with Crippen molar-refractivity contribution >= 4 is 10.9 Å². The van der Waals surface area contributed by atoms with Crippen molar-refractivity contribution in [3.63, 3.8) is 0 Å². The van der Waals surface area contributed by atoms with Crippen LogP contribution in [0.1, 0.15) is 30.5 Å². The largest absolute Gasteiger partial charge is 0.350 e. The van der Waals surface area contributed by atoms with Crippen LogP contribution in [0.3, 0.4) is 0 Å². The van der Waals surface area contributed by atoms with Gasteiger partial charge in [0.05, 0.1) is 5.52 Å². The van der Waals surface area contributed by atoms with E-state index in [1.807, 2.05) is 7.05 Å². The number of aromatic nitrogens is 1. The molecule has 0 unspecified atom stereocenters. The Morgan fingerprint density at radius 1 is 1.12 bits per heavy atom. The number of nitrogens with zero attached hydrogens (tertiary/aromatic N) is 1. The van der Waals surface area contributed by atoms with Gasteiger partial charge in [0, 0.05) is 24.2 Å². The maximum atomic E-state index is 3.40. The van der Waals surface area contributed by atoms with E-state index in [9.17, 15) is 0 Å². The zero-order valence-corrected chi connectivity index (χ0v) is 11.7. The number of hydrogen-bond acceptors (Lipinski definition) is 1. The first-order valence-corrected chi connectivity index (χ1v) is 6.13. The third kappa shape index (κ3) is 1.77. The Balaban J connectivity index is 2.88. The fraction of sp³-hybridized carbons (Fsp3) is 0.467. The molecule has 2 nitrogen and oxygen atoms in total. The molecule has 0 radical (unpaired) electrons. The van der Waals surface area contributed by atoms with Crippen molar-refractivity contribution in [1.82, 2.24) is 9.88 Å². The SMILES string of the molecule is CNC(C)(C)c1cn(C)c2c(C)ccc(C)c12. The van der Waals surface area contributed by atoms with Crippen LogP contribution in [0.25, 0.3) is 10.9 Å². The quantitative estimate of drug-likeness (QED) is 0.838. The van der Waals surface area contributed by atoms with Gasteiger partial charge in [-0.2, -0.15) is 0 Å². The molecular weight excluding hydrogens is 208 g/mol. The lowest BCUT2D eigenvalue weighted by atomic mass is 9.91. The fourth-order valence-corrected chi connectivity index (χ4v) is 2.52. The zero-order valence-electron chi connectivity index (χ0n) is 11.7. The van der Waals surface area contributed by atoms with Gasteiger partial charge in [-0.15, -0.1) is 0 Å². The molecule has 1 aromatic carbocycles. The van der Waals surface area contributed by atoms with Crippen LogP contribution < -0.4 is 5.32 Å². The number of hydrogen-bond donors (Lipinski definition) is 1. The minimum atomic E-state index is -0.00192. The second-order valence-electron chi connectivity index (χ2n) is 5.45. The van der Waals surface area contributed by atoms with Gasteiger partial charge in [-0.3, -0.25) is 0 Å². The van der Waals surface area contributed by atoms with Crippen molar-refractivity contribution < 1.29 is 0 Å². The van der Waals surface area contributed by atoms with Crippen molar-refractivity contribution in [2.75, 3.05) is 7.05 Å². The van der Waals surface area contributed by atoms with Gasteiger partial charge >= 0.3 is 0 Å². The minimum absolute atomic E-state index is 0.00192. The summed E-state index contributed by atoms with van der Waals surface area (Å²) in [5, 5.41) is 4.79. The van der Waals surface area contributed by atoms with Crippen LogP contribution in [0, 0.1) is 13.8 Å². The molecule has 1 heterocycles. The highest BCUT2D eigenvalue weighted by Gasteiger charge is 2.24. The second-order valence-corrected chi connectivity index (χ2v) is 5.45. The zero-order chi connectivity index (χ0) is 12.8. The number of benzene rings is 1. The first-order chi connectivity index (χ1) is 7.88. The van der Waals surface area contributed by atoms with Crippen LogP contribution in [0.2, 0.25) is 0 Å². The van der Waals surface area contributed by atoms with E-state index in [1.165, 1.54) is 27.6 Å². The van der Waals surface area contributed by atoms with Crippen molar-refractivity contribution in [3.05, 3.63) is 35.0 Å². The molecule has 0 aliphatic carbocycles. The van der Waals surface area contributed by atoms with Gasteiger partial charge in [-0.05, 0) is 51.4 Å². The van der Waals surface area contributed by atoms with E-state index in [-0.39, 0.29) is 5.54 Å². The van der Waals surface area contributed by atoms with E-state index in [2.05, 4.69) is 63.0 Å². The Kier molecular flexibility index (Phi) is 2.78. The summed E-state index contributed by atoms with van der Waals surface area (Å²) in [5.74, 6) is 0. The predicted molar refractivity (Wildman–Crippen MR) is 74.5 cm³/mol. The van der Waals surface area contributed by atoms with E-state index < -0.39 is 0 Å². The highest BCUT2D eigenvalue weighted by molar-refractivity contribution is 5.90. The lowest BCUT2D eigenvalue weighted by molar-refractivity contribution is 0.447. The Morgan fingerprint density at radius 2 is 1.71 bits per heavy atom. The van der Waals surface area contributed by atoms with Crippen LogP contribution in [-0.2, 0) is 12.6 Å². The lowest BCUT2D eigenvalue weighted by Gasteiger charge is -2.24. The average Bonchev–Trinajstić information content (AvgIpc) is 2.64. The molecule has 1 aromatic heterocycles. The normalized spacial score (nSPS) is 12.4. The van der Waals surface area contributed by atoms with E-state index in [1.54, 1.807) is 0 Å². The van der Waals surface area contributed by atoms with Crippen LogP contribution in [0.4, 0.5) is 0 Å². The summed E-state index contributed by atoms with van der Waals surface area (Å²) in [5.41, 5.74) is 5.41. The second kappa shape index (κ2) is 3.88. The first kappa shape index (κ1) is 12.2. The summed E-state index contributed by atoms with van der Waals surface area (Å²) in [6.07, 6.45) is 2.25. The van der Waals surface area contributed by atoms with Gasteiger partial charge in [0.25, 0.3) is 0 Å². The van der Waals surface area contributed by atoms with Gasteiger partial charge < -0.3 is 9.88 Å². The number of aryl methyl sites for hydroxylation is 3. The van der Waals surface area contributed by atoms with Crippen LogP contribution in [-0.4, -0.2) is 11.6 Å². The summed E-state index contributed by atoms with van der Waals surface area (Å²) in [7, 11) is 4.15. The summed E-state index contributed by atoms with van der Waals surface area (Å²) < 4.78 is 2.24. The molecule has 2 heteroatoms. The summed E-state index contributed by atoms with van der Waals surface area (Å²) in [4.78, 5) is 0. The van der Waals surface area contributed by atoms with Gasteiger partial charge in [0.15, 0.2) is 0 Å². The van der Waals surface area contributed by atoms with E-state index >= 15 is 0 Å². The van der Waals surface area contributed by atoms with Gasteiger partial charge in [-0.1, -0.05) is 12.1 Å². The molecule has 0 spiro atoms. The molecule has 1 N–H and O–H groups in total. The van der Waals surface area contributed by atoms with Crippen molar-refractivity contribution in [2.24, 2.45) is 7.05 Å². The number of rotatable bonds is 2. The van der Waals surface area contributed by atoms with Crippen LogP contribution in [0.5, 0.6) is 0 Å². The Bertz CT molecular complexity index is 562. The molecule has 92 valence electrons. The van der Waals surface area contributed by atoms with Crippen molar-refractivity contribution in [3.8, 4) is 0 Å². The molecule has 0 fully saturated rings. The van der Waals surface area contributed by atoms with Crippen LogP contribution >= 0.6 is 0 Å². The molecule has 2 rings (SSSR count). The maximum Gasteiger partial charge on any atom is 0.0513 e. The van der Waals surface area contributed by atoms with Gasteiger partial charge in [0.2, 0.25) is 0 Å². The lowest BCUT2D eigenvalue weighted by Crippen LogP contribution is -2.33. The molecule has 0 saturated carbocycles. The van der Waals surface area contributed by atoms with E-state index in [0.29, 0.717) is 0 Å². The smallest absolute Gasteiger partial charge is 0.0513 e. The highest BCUT2D eigenvalue weighted by atomic mass is 15.0. The standard InChI is InChI=1S/C15H22N2/c1-10-7-8-11(2)14-13(10)12(9-17(14)6)15(3,4)16-5/h7-9,16H,1-6H3. The average molecular weight is 230 g/mol. The molecule has 0 amide bonds. The molecule has 0 atom stereocenters. The van der Waals surface area contributed by atoms with Gasteiger partial charge in [-0.25, -0.2) is 0 Å². The maximum absolute atomic E-state index is 3.40. The topological polar surface area (TPSA) is 17.0 Å². The Labute approximate surface area is 104 Å². The van der Waals surface area contributed by atoms with E-state index in [4.69, 9.17) is 0 Å². The number of fused-ring (bicyclic) bond motifs is 1. The Morgan fingerprint density at radius 3 is 2.29 bits per heavy atom. The van der Waals surface area contributed by atoms with E-state index in [0.717, 1.165) is 0 Å². The molecule has 0 aliphatic heterocycles. The third-order valence-corrected chi connectivity index (χ3v) is 3.83. The molecule has 0 saturated heterocycles. The monoisotopic (exact) mass is 230 g/mol. The first-order valence-electron chi connectivity index (χ1n) is 6.13. The summed E-state index contributed by atoms with van der Waals surface area (Å²) >= 11 is 0. The van der Waals surface area contributed by atoms with Gasteiger partial charge in [0.1, 0.15) is 0 Å². The molecule has 17 heavy (non-hydrogen) atoms. The van der Waals surface area contributed by atoms with Crippen molar-refractivity contribution in [1.29, 1.82) is 0 Å². The third-order valence-electron chi connectivity index (χ3n) is 3.83. The number of nitrogens with one attached hydrogen (secondary N) is 1. The van der Waals surface area contributed by atoms with Crippen LogP contribution in [0.15, 0.2) is 18.3 Å². The van der Waals surface area contributed by atoms with Crippen molar-refractivity contribution in [2.45, 2.75) is 33.2 Å². The summed E-state index contributed by atoms with van der Waals surface area (Å²) in [6, 6.07) is 4.42.